The Morgan fingerprint density at radius 1 is 1.37 bits per heavy atom. The first kappa shape index (κ1) is 15.1. The van der Waals surface area contributed by atoms with Crippen molar-refractivity contribution in [3.63, 3.8) is 0 Å². The van der Waals surface area contributed by atoms with Crippen LogP contribution in [0.15, 0.2) is 6.07 Å². The van der Waals surface area contributed by atoms with Crippen LogP contribution in [0.25, 0.3) is 0 Å². The predicted molar refractivity (Wildman–Crippen MR) is 81.3 cm³/mol. The molecule has 0 bridgehead atoms. The first-order chi connectivity index (χ1) is 9.16. The van der Waals surface area contributed by atoms with Gasteiger partial charge in [-0.25, -0.2) is 0 Å². The second kappa shape index (κ2) is 7.48. The summed E-state index contributed by atoms with van der Waals surface area (Å²) in [7, 11) is 0. The molecule has 6 heteroatoms. The van der Waals surface area contributed by atoms with Crippen molar-refractivity contribution in [3.8, 4) is 0 Å². The SMILES string of the molecule is O=C(CCCc1cc(Cl)sc1Cl)N1CCCNCC1. The van der Waals surface area contributed by atoms with Crippen LogP contribution in [0, 0.1) is 0 Å². The van der Waals surface area contributed by atoms with E-state index < -0.39 is 0 Å². The van der Waals surface area contributed by atoms with E-state index in [-0.39, 0.29) is 5.91 Å². The number of carbonyl (C=O) groups excluding carboxylic acids is 1. The van der Waals surface area contributed by atoms with Gasteiger partial charge in [0.1, 0.15) is 0 Å². The third-order valence-corrected chi connectivity index (χ3v) is 4.83. The summed E-state index contributed by atoms with van der Waals surface area (Å²) < 4.78 is 1.46. The van der Waals surface area contributed by atoms with Gasteiger partial charge in [0.2, 0.25) is 5.91 Å². The van der Waals surface area contributed by atoms with Crippen LogP contribution in [0.1, 0.15) is 24.8 Å². The molecule has 0 atom stereocenters. The third-order valence-electron chi connectivity index (χ3n) is 3.26. The van der Waals surface area contributed by atoms with Crippen molar-refractivity contribution in [1.82, 2.24) is 10.2 Å². The second-order valence-electron chi connectivity index (χ2n) is 4.69. The van der Waals surface area contributed by atoms with E-state index in [0.717, 1.165) is 55.3 Å². The molecule has 0 radical (unpaired) electrons. The van der Waals surface area contributed by atoms with Crippen molar-refractivity contribution in [3.05, 3.63) is 20.3 Å². The van der Waals surface area contributed by atoms with Crippen molar-refractivity contribution in [2.45, 2.75) is 25.7 Å². The molecule has 2 heterocycles. The minimum atomic E-state index is 0.251. The summed E-state index contributed by atoms with van der Waals surface area (Å²) in [4.78, 5) is 14.0. The lowest BCUT2D eigenvalue weighted by atomic mass is 10.1. The quantitative estimate of drug-likeness (QED) is 0.924. The van der Waals surface area contributed by atoms with E-state index >= 15 is 0 Å². The third kappa shape index (κ3) is 4.63. The molecule has 1 N–H and O–H groups in total. The number of hydrogen-bond acceptors (Lipinski definition) is 3. The number of nitrogens with zero attached hydrogens (tertiary/aromatic N) is 1. The molecule has 2 rings (SSSR count). The summed E-state index contributed by atoms with van der Waals surface area (Å²) >= 11 is 13.3. The Morgan fingerprint density at radius 3 is 2.95 bits per heavy atom. The molecule has 19 heavy (non-hydrogen) atoms. The molecule has 1 aromatic heterocycles. The minimum Gasteiger partial charge on any atom is -0.341 e. The smallest absolute Gasteiger partial charge is 0.222 e. The van der Waals surface area contributed by atoms with Crippen LogP contribution in [0.3, 0.4) is 0 Å². The molecule has 0 unspecified atom stereocenters. The number of aryl methyl sites for hydroxylation is 1. The zero-order chi connectivity index (χ0) is 13.7. The number of carbonyl (C=O) groups is 1. The standard InChI is InChI=1S/C13H18Cl2N2OS/c14-11-9-10(13(15)19-11)3-1-4-12(18)17-7-2-5-16-6-8-17/h9,16H,1-8H2. The molecule has 106 valence electrons. The van der Waals surface area contributed by atoms with Gasteiger partial charge in [0.25, 0.3) is 0 Å². The topological polar surface area (TPSA) is 32.3 Å². The van der Waals surface area contributed by atoms with Crippen LogP contribution in [0.4, 0.5) is 0 Å². The Bertz CT molecular complexity index is 428. The number of hydrogen-bond donors (Lipinski definition) is 1. The zero-order valence-electron chi connectivity index (χ0n) is 10.8. The largest absolute Gasteiger partial charge is 0.341 e. The van der Waals surface area contributed by atoms with Crippen LogP contribution in [-0.4, -0.2) is 37.0 Å². The average molecular weight is 321 g/mol. The molecule has 3 nitrogen and oxygen atoms in total. The number of thiophene rings is 1. The Balaban J connectivity index is 1.75. The number of amides is 1. The van der Waals surface area contributed by atoms with Gasteiger partial charge in [0.15, 0.2) is 0 Å². The molecular weight excluding hydrogens is 303 g/mol. The molecule has 1 fully saturated rings. The molecule has 0 saturated carbocycles. The maximum absolute atomic E-state index is 12.1. The average Bonchev–Trinajstić information content (AvgIpc) is 2.60. The molecule has 0 aromatic carbocycles. The minimum absolute atomic E-state index is 0.251. The summed E-state index contributed by atoms with van der Waals surface area (Å²) in [6.07, 6.45) is 3.27. The molecule has 1 amide bonds. The van der Waals surface area contributed by atoms with Crippen LogP contribution in [-0.2, 0) is 11.2 Å². The highest BCUT2D eigenvalue weighted by molar-refractivity contribution is 7.20. The van der Waals surface area contributed by atoms with Gasteiger partial charge in [-0.2, -0.15) is 0 Å². The molecule has 1 aliphatic heterocycles. The molecule has 1 aromatic rings. The predicted octanol–water partition coefficient (Wildman–Crippen LogP) is 3.20. The van der Waals surface area contributed by atoms with E-state index in [0.29, 0.717) is 10.8 Å². The Morgan fingerprint density at radius 2 is 2.21 bits per heavy atom. The van der Waals surface area contributed by atoms with Gasteiger partial charge < -0.3 is 10.2 Å². The van der Waals surface area contributed by atoms with Crippen molar-refractivity contribution >= 4 is 40.4 Å². The summed E-state index contributed by atoms with van der Waals surface area (Å²) in [5.74, 6) is 0.251. The Hall–Kier alpha value is -0.290. The fourth-order valence-electron chi connectivity index (χ4n) is 2.23. The lowest BCUT2D eigenvalue weighted by molar-refractivity contribution is -0.131. The zero-order valence-corrected chi connectivity index (χ0v) is 13.1. The van der Waals surface area contributed by atoms with Gasteiger partial charge in [-0.1, -0.05) is 23.2 Å². The second-order valence-corrected chi connectivity index (χ2v) is 6.97. The van der Waals surface area contributed by atoms with Crippen LogP contribution >= 0.6 is 34.5 Å². The summed E-state index contributed by atoms with van der Waals surface area (Å²) in [5.41, 5.74) is 1.06. The van der Waals surface area contributed by atoms with Crippen molar-refractivity contribution < 1.29 is 4.79 Å². The van der Waals surface area contributed by atoms with E-state index in [4.69, 9.17) is 23.2 Å². The fraction of sp³-hybridized carbons (Fsp3) is 0.615. The summed E-state index contributed by atoms with van der Waals surface area (Å²) in [6, 6.07) is 1.90. The van der Waals surface area contributed by atoms with E-state index in [2.05, 4.69) is 5.32 Å². The van der Waals surface area contributed by atoms with Crippen molar-refractivity contribution in [2.24, 2.45) is 0 Å². The maximum Gasteiger partial charge on any atom is 0.222 e. The number of rotatable bonds is 4. The highest BCUT2D eigenvalue weighted by atomic mass is 35.5. The highest BCUT2D eigenvalue weighted by Crippen LogP contribution is 2.32. The Labute approximate surface area is 127 Å². The van der Waals surface area contributed by atoms with Crippen LogP contribution < -0.4 is 5.32 Å². The fourth-order valence-corrected chi connectivity index (χ4v) is 3.77. The molecular formula is C13H18Cl2N2OS. The monoisotopic (exact) mass is 320 g/mol. The van der Waals surface area contributed by atoms with E-state index in [1.54, 1.807) is 0 Å². The summed E-state index contributed by atoms with van der Waals surface area (Å²) in [5, 5.41) is 3.30. The molecule has 1 saturated heterocycles. The van der Waals surface area contributed by atoms with Gasteiger partial charge in [0.05, 0.1) is 8.67 Å². The first-order valence-corrected chi connectivity index (χ1v) is 8.16. The number of nitrogens with one attached hydrogen (secondary N) is 1. The van der Waals surface area contributed by atoms with Gasteiger partial charge in [-0.15, -0.1) is 11.3 Å². The Kier molecular flexibility index (Phi) is 5.95. The molecule has 0 spiro atoms. The van der Waals surface area contributed by atoms with Crippen molar-refractivity contribution in [2.75, 3.05) is 26.2 Å². The van der Waals surface area contributed by atoms with Crippen LogP contribution in [0.2, 0.25) is 8.67 Å². The van der Waals surface area contributed by atoms with Gasteiger partial charge in [-0.3, -0.25) is 4.79 Å². The van der Waals surface area contributed by atoms with Crippen LogP contribution in [0.5, 0.6) is 0 Å². The van der Waals surface area contributed by atoms with E-state index in [1.807, 2.05) is 11.0 Å². The first-order valence-electron chi connectivity index (χ1n) is 6.59. The normalized spacial score (nSPS) is 16.4. The summed E-state index contributed by atoms with van der Waals surface area (Å²) in [6.45, 7) is 3.60. The lowest BCUT2D eigenvalue weighted by Crippen LogP contribution is -2.34. The van der Waals surface area contributed by atoms with Gasteiger partial charge in [0, 0.05) is 26.1 Å². The maximum atomic E-state index is 12.1. The number of halogens is 2. The van der Waals surface area contributed by atoms with Gasteiger partial charge >= 0.3 is 0 Å². The van der Waals surface area contributed by atoms with Crippen molar-refractivity contribution in [1.29, 1.82) is 0 Å². The highest BCUT2D eigenvalue weighted by Gasteiger charge is 2.15. The van der Waals surface area contributed by atoms with E-state index in [1.165, 1.54) is 11.3 Å². The van der Waals surface area contributed by atoms with E-state index in [9.17, 15) is 4.79 Å². The van der Waals surface area contributed by atoms with Gasteiger partial charge in [-0.05, 0) is 37.4 Å². The molecule has 1 aliphatic rings. The lowest BCUT2D eigenvalue weighted by Gasteiger charge is -2.19. The molecule has 0 aliphatic carbocycles.